The SMILES string of the molecule is Cc1[nH]c(C2COCCN2)nc1-c1ccc(F)cc1. The first-order valence-electron chi connectivity index (χ1n) is 6.37. The summed E-state index contributed by atoms with van der Waals surface area (Å²) < 4.78 is 18.4. The zero-order valence-corrected chi connectivity index (χ0v) is 10.7. The van der Waals surface area contributed by atoms with Gasteiger partial charge < -0.3 is 15.0 Å². The monoisotopic (exact) mass is 261 g/mol. The maximum Gasteiger partial charge on any atom is 0.126 e. The van der Waals surface area contributed by atoms with Crippen LogP contribution in [0.15, 0.2) is 24.3 Å². The third kappa shape index (κ3) is 2.52. The van der Waals surface area contributed by atoms with Crippen molar-refractivity contribution in [2.75, 3.05) is 19.8 Å². The van der Waals surface area contributed by atoms with E-state index in [1.807, 2.05) is 6.92 Å². The summed E-state index contributed by atoms with van der Waals surface area (Å²) in [5.74, 6) is 0.635. The number of nitrogens with zero attached hydrogens (tertiary/aromatic N) is 1. The van der Waals surface area contributed by atoms with E-state index in [0.717, 1.165) is 35.9 Å². The van der Waals surface area contributed by atoms with Gasteiger partial charge in [0.1, 0.15) is 11.6 Å². The summed E-state index contributed by atoms with van der Waals surface area (Å²) in [7, 11) is 0. The highest BCUT2D eigenvalue weighted by Crippen LogP contribution is 2.24. The second-order valence-corrected chi connectivity index (χ2v) is 4.68. The molecule has 1 unspecified atom stereocenters. The van der Waals surface area contributed by atoms with Gasteiger partial charge in [-0.15, -0.1) is 0 Å². The molecule has 0 spiro atoms. The van der Waals surface area contributed by atoms with Gasteiger partial charge in [0.05, 0.1) is 24.9 Å². The Bertz CT molecular complexity index is 559. The number of halogens is 1. The van der Waals surface area contributed by atoms with Crippen LogP contribution in [0.3, 0.4) is 0 Å². The Morgan fingerprint density at radius 2 is 2.11 bits per heavy atom. The molecule has 100 valence electrons. The molecule has 2 aromatic rings. The number of imidazole rings is 1. The van der Waals surface area contributed by atoms with Crippen LogP contribution in [0.1, 0.15) is 17.6 Å². The van der Waals surface area contributed by atoms with Gasteiger partial charge in [0.15, 0.2) is 0 Å². The number of aromatic nitrogens is 2. The van der Waals surface area contributed by atoms with Crippen LogP contribution in [0.2, 0.25) is 0 Å². The summed E-state index contributed by atoms with van der Waals surface area (Å²) in [6.45, 7) is 4.16. The smallest absolute Gasteiger partial charge is 0.126 e. The fraction of sp³-hybridized carbons (Fsp3) is 0.357. The molecule has 0 saturated carbocycles. The standard InChI is InChI=1S/C14H16FN3O/c1-9-13(10-2-4-11(15)5-3-10)18-14(17-9)12-8-19-7-6-16-12/h2-5,12,16H,6-8H2,1H3,(H,17,18). The van der Waals surface area contributed by atoms with Crippen LogP contribution in [-0.4, -0.2) is 29.7 Å². The Balaban J connectivity index is 1.90. The molecular formula is C14H16FN3O. The van der Waals surface area contributed by atoms with E-state index < -0.39 is 0 Å². The fourth-order valence-corrected chi connectivity index (χ4v) is 2.28. The van der Waals surface area contributed by atoms with Crippen molar-refractivity contribution in [1.29, 1.82) is 0 Å². The highest BCUT2D eigenvalue weighted by atomic mass is 19.1. The quantitative estimate of drug-likeness (QED) is 0.871. The van der Waals surface area contributed by atoms with E-state index in [4.69, 9.17) is 4.74 Å². The third-order valence-electron chi connectivity index (χ3n) is 3.27. The van der Waals surface area contributed by atoms with Crippen molar-refractivity contribution in [2.45, 2.75) is 13.0 Å². The maximum atomic E-state index is 12.9. The van der Waals surface area contributed by atoms with Crippen molar-refractivity contribution in [3.63, 3.8) is 0 Å². The molecule has 1 aliphatic heterocycles. The summed E-state index contributed by atoms with van der Waals surface area (Å²) >= 11 is 0. The van der Waals surface area contributed by atoms with Gasteiger partial charge in [-0.3, -0.25) is 0 Å². The molecule has 5 heteroatoms. The number of hydrogen-bond donors (Lipinski definition) is 2. The molecule has 2 heterocycles. The highest BCUT2D eigenvalue weighted by molar-refractivity contribution is 5.61. The van der Waals surface area contributed by atoms with Crippen molar-refractivity contribution in [1.82, 2.24) is 15.3 Å². The summed E-state index contributed by atoms with van der Waals surface area (Å²) in [6.07, 6.45) is 0. The lowest BCUT2D eigenvalue weighted by Gasteiger charge is -2.21. The van der Waals surface area contributed by atoms with Crippen LogP contribution >= 0.6 is 0 Å². The molecule has 1 fully saturated rings. The van der Waals surface area contributed by atoms with Crippen LogP contribution < -0.4 is 5.32 Å². The molecule has 1 aromatic heterocycles. The summed E-state index contributed by atoms with van der Waals surface area (Å²) in [5.41, 5.74) is 2.76. The van der Waals surface area contributed by atoms with Gasteiger partial charge in [-0.1, -0.05) is 0 Å². The summed E-state index contributed by atoms with van der Waals surface area (Å²) in [4.78, 5) is 7.89. The average Bonchev–Trinajstić information content (AvgIpc) is 2.83. The van der Waals surface area contributed by atoms with Crippen molar-refractivity contribution in [2.24, 2.45) is 0 Å². The molecule has 1 aromatic carbocycles. The molecule has 2 N–H and O–H groups in total. The van der Waals surface area contributed by atoms with E-state index in [-0.39, 0.29) is 11.9 Å². The Morgan fingerprint density at radius 3 is 2.79 bits per heavy atom. The first kappa shape index (κ1) is 12.3. The maximum absolute atomic E-state index is 12.9. The molecule has 1 saturated heterocycles. The zero-order chi connectivity index (χ0) is 13.2. The van der Waals surface area contributed by atoms with Gasteiger partial charge in [0.2, 0.25) is 0 Å². The molecule has 3 rings (SSSR count). The molecular weight excluding hydrogens is 245 g/mol. The van der Waals surface area contributed by atoms with Crippen molar-refractivity contribution >= 4 is 0 Å². The molecule has 1 atom stereocenters. The largest absolute Gasteiger partial charge is 0.378 e. The van der Waals surface area contributed by atoms with Gasteiger partial charge in [0.25, 0.3) is 0 Å². The number of nitrogens with one attached hydrogen (secondary N) is 2. The number of rotatable bonds is 2. The lowest BCUT2D eigenvalue weighted by Crippen LogP contribution is -2.35. The number of aromatic amines is 1. The van der Waals surface area contributed by atoms with E-state index in [0.29, 0.717) is 6.61 Å². The minimum absolute atomic E-state index is 0.0987. The van der Waals surface area contributed by atoms with Gasteiger partial charge in [-0.25, -0.2) is 9.37 Å². The zero-order valence-electron chi connectivity index (χ0n) is 10.7. The molecule has 0 radical (unpaired) electrons. The fourth-order valence-electron chi connectivity index (χ4n) is 2.28. The predicted octanol–water partition coefficient (Wildman–Crippen LogP) is 2.19. The first-order valence-corrected chi connectivity index (χ1v) is 6.37. The predicted molar refractivity (Wildman–Crippen MR) is 70.3 cm³/mol. The molecule has 0 bridgehead atoms. The molecule has 0 aliphatic carbocycles. The number of aryl methyl sites for hydroxylation is 1. The van der Waals surface area contributed by atoms with E-state index in [1.54, 1.807) is 12.1 Å². The molecule has 4 nitrogen and oxygen atoms in total. The van der Waals surface area contributed by atoms with Crippen LogP contribution in [0.5, 0.6) is 0 Å². The molecule has 1 aliphatic rings. The van der Waals surface area contributed by atoms with Gasteiger partial charge in [0, 0.05) is 17.8 Å². The van der Waals surface area contributed by atoms with E-state index >= 15 is 0 Å². The Labute approximate surface area is 111 Å². The van der Waals surface area contributed by atoms with E-state index in [9.17, 15) is 4.39 Å². The Hall–Kier alpha value is -1.72. The second kappa shape index (κ2) is 5.11. The Morgan fingerprint density at radius 1 is 1.32 bits per heavy atom. The van der Waals surface area contributed by atoms with Crippen LogP contribution in [0.4, 0.5) is 4.39 Å². The van der Waals surface area contributed by atoms with Crippen molar-refractivity contribution in [3.8, 4) is 11.3 Å². The topological polar surface area (TPSA) is 49.9 Å². The number of H-pyrrole nitrogens is 1. The van der Waals surface area contributed by atoms with Crippen LogP contribution in [-0.2, 0) is 4.74 Å². The minimum Gasteiger partial charge on any atom is -0.378 e. The summed E-state index contributed by atoms with van der Waals surface area (Å²) in [5, 5.41) is 3.36. The summed E-state index contributed by atoms with van der Waals surface area (Å²) in [6, 6.07) is 6.48. The Kier molecular flexibility index (Phi) is 3.31. The lowest BCUT2D eigenvalue weighted by atomic mass is 10.1. The number of ether oxygens (including phenoxy) is 1. The number of morpholine rings is 1. The second-order valence-electron chi connectivity index (χ2n) is 4.68. The van der Waals surface area contributed by atoms with Crippen molar-refractivity contribution < 1.29 is 9.13 Å². The number of benzene rings is 1. The van der Waals surface area contributed by atoms with E-state index in [1.165, 1.54) is 12.1 Å². The van der Waals surface area contributed by atoms with Crippen molar-refractivity contribution in [3.05, 3.63) is 41.6 Å². The molecule has 0 amide bonds. The highest BCUT2D eigenvalue weighted by Gasteiger charge is 2.20. The minimum atomic E-state index is -0.237. The number of hydrogen-bond acceptors (Lipinski definition) is 3. The first-order chi connectivity index (χ1) is 9.24. The van der Waals surface area contributed by atoms with Crippen LogP contribution in [0, 0.1) is 12.7 Å². The average molecular weight is 261 g/mol. The third-order valence-corrected chi connectivity index (χ3v) is 3.27. The lowest BCUT2D eigenvalue weighted by molar-refractivity contribution is 0.0745. The van der Waals surface area contributed by atoms with Crippen LogP contribution in [0.25, 0.3) is 11.3 Å². The van der Waals surface area contributed by atoms with Gasteiger partial charge in [-0.2, -0.15) is 0 Å². The van der Waals surface area contributed by atoms with Gasteiger partial charge in [-0.05, 0) is 31.2 Å². The van der Waals surface area contributed by atoms with E-state index in [2.05, 4.69) is 15.3 Å². The van der Waals surface area contributed by atoms with Gasteiger partial charge >= 0.3 is 0 Å². The normalized spacial score (nSPS) is 19.6. The molecule has 19 heavy (non-hydrogen) atoms.